The van der Waals surface area contributed by atoms with Crippen molar-refractivity contribution in [3.63, 3.8) is 0 Å². The van der Waals surface area contributed by atoms with E-state index in [2.05, 4.69) is 9.88 Å². The Morgan fingerprint density at radius 2 is 2.21 bits per heavy atom. The first-order valence-electron chi connectivity index (χ1n) is 6.08. The van der Waals surface area contributed by atoms with Crippen LogP contribution in [-0.2, 0) is 0 Å². The third-order valence-electron chi connectivity index (χ3n) is 3.48. The summed E-state index contributed by atoms with van der Waals surface area (Å²) in [7, 11) is 0. The van der Waals surface area contributed by atoms with Crippen LogP contribution < -0.4 is 4.90 Å². The van der Waals surface area contributed by atoms with Crippen LogP contribution in [0, 0.1) is 16.0 Å². The number of fused-ring (bicyclic) bond motifs is 1. The van der Waals surface area contributed by atoms with Crippen LogP contribution in [0.1, 0.15) is 0 Å². The van der Waals surface area contributed by atoms with E-state index in [9.17, 15) is 10.1 Å². The SMILES string of the molecule is O=[N+]([O-])c1ccc(N2CC(CO)C2)c2cccnc12. The number of benzene rings is 1. The minimum absolute atomic E-state index is 0.0265. The molecule has 0 unspecified atom stereocenters. The van der Waals surface area contributed by atoms with Crippen LogP contribution in [0.2, 0.25) is 0 Å². The van der Waals surface area contributed by atoms with Gasteiger partial charge < -0.3 is 10.0 Å². The lowest BCUT2D eigenvalue weighted by molar-refractivity contribution is -0.383. The van der Waals surface area contributed by atoms with E-state index in [-0.39, 0.29) is 12.3 Å². The molecule has 0 bridgehead atoms. The van der Waals surface area contributed by atoms with Gasteiger partial charge in [-0.15, -0.1) is 0 Å². The molecular weight excluding hydrogens is 246 g/mol. The largest absolute Gasteiger partial charge is 0.396 e. The molecule has 0 spiro atoms. The molecule has 6 nitrogen and oxygen atoms in total. The lowest BCUT2D eigenvalue weighted by atomic mass is 9.99. The molecule has 1 aliphatic heterocycles. The molecule has 1 N–H and O–H groups in total. The first-order valence-corrected chi connectivity index (χ1v) is 6.08. The van der Waals surface area contributed by atoms with E-state index in [4.69, 9.17) is 5.11 Å². The Hall–Kier alpha value is -2.21. The van der Waals surface area contributed by atoms with Gasteiger partial charge in [-0.25, -0.2) is 4.98 Å². The van der Waals surface area contributed by atoms with Gasteiger partial charge >= 0.3 is 0 Å². The lowest BCUT2D eigenvalue weighted by Crippen LogP contribution is -2.48. The van der Waals surface area contributed by atoms with Crippen LogP contribution in [0.5, 0.6) is 0 Å². The smallest absolute Gasteiger partial charge is 0.295 e. The van der Waals surface area contributed by atoms with Gasteiger partial charge in [0.2, 0.25) is 0 Å². The molecule has 0 radical (unpaired) electrons. The van der Waals surface area contributed by atoms with Crippen molar-refractivity contribution in [1.29, 1.82) is 0 Å². The molecule has 0 atom stereocenters. The first kappa shape index (κ1) is 11.9. The Morgan fingerprint density at radius 3 is 2.89 bits per heavy atom. The number of rotatable bonds is 3. The molecular formula is C13H13N3O3. The highest BCUT2D eigenvalue weighted by atomic mass is 16.6. The highest BCUT2D eigenvalue weighted by Gasteiger charge is 2.28. The van der Waals surface area contributed by atoms with Crippen LogP contribution in [0.15, 0.2) is 30.5 Å². The number of non-ortho nitro benzene ring substituents is 1. The summed E-state index contributed by atoms with van der Waals surface area (Å²) in [4.78, 5) is 16.8. The maximum atomic E-state index is 11.0. The second-order valence-corrected chi connectivity index (χ2v) is 4.71. The van der Waals surface area contributed by atoms with Crippen molar-refractivity contribution in [2.75, 3.05) is 24.6 Å². The topological polar surface area (TPSA) is 79.5 Å². The minimum atomic E-state index is -0.411. The molecule has 6 heteroatoms. The molecule has 1 fully saturated rings. The predicted octanol–water partition coefficient (Wildman–Crippen LogP) is 1.57. The Balaban J connectivity index is 2.07. The van der Waals surface area contributed by atoms with Gasteiger partial charge in [0, 0.05) is 49.0 Å². The van der Waals surface area contributed by atoms with Gasteiger partial charge in [0.25, 0.3) is 5.69 Å². The molecule has 2 heterocycles. The fourth-order valence-corrected chi connectivity index (χ4v) is 2.45. The molecule has 2 aromatic rings. The Bertz CT molecular complexity index is 638. The van der Waals surface area contributed by atoms with Crippen molar-refractivity contribution in [3.8, 4) is 0 Å². The average molecular weight is 259 g/mol. The summed E-state index contributed by atoms with van der Waals surface area (Å²) in [6.45, 7) is 1.73. The monoisotopic (exact) mass is 259 g/mol. The zero-order valence-electron chi connectivity index (χ0n) is 10.2. The molecule has 19 heavy (non-hydrogen) atoms. The van der Waals surface area contributed by atoms with Gasteiger partial charge in [-0.2, -0.15) is 0 Å². The summed E-state index contributed by atoms with van der Waals surface area (Å²) in [5, 5.41) is 20.8. The third kappa shape index (κ3) is 1.90. The maximum Gasteiger partial charge on any atom is 0.295 e. The summed E-state index contributed by atoms with van der Waals surface area (Å²) < 4.78 is 0. The second-order valence-electron chi connectivity index (χ2n) is 4.71. The predicted molar refractivity (Wildman–Crippen MR) is 71.2 cm³/mol. The van der Waals surface area contributed by atoms with Crippen molar-refractivity contribution in [2.45, 2.75) is 0 Å². The zero-order chi connectivity index (χ0) is 13.4. The molecule has 3 rings (SSSR count). The van der Waals surface area contributed by atoms with Crippen molar-refractivity contribution < 1.29 is 10.0 Å². The van der Waals surface area contributed by atoms with Gasteiger partial charge in [-0.1, -0.05) is 0 Å². The number of nitro groups is 1. The fraction of sp³-hybridized carbons (Fsp3) is 0.308. The number of hydrogen-bond acceptors (Lipinski definition) is 5. The van der Waals surface area contributed by atoms with E-state index in [0.29, 0.717) is 11.4 Å². The van der Waals surface area contributed by atoms with Crippen LogP contribution in [0.3, 0.4) is 0 Å². The molecule has 0 amide bonds. The first-order chi connectivity index (χ1) is 9.20. The van der Waals surface area contributed by atoms with Crippen molar-refractivity contribution >= 4 is 22.3 Å². The third-order valence-corrected chi connectivity index (χ3v) is 3.48. The number of nitrogens with zero attached hydrogens (tertiary/aromatic N) is 3. The van der Waals surface area contributed by atoms with E-state index < -0.39 is 4.92 Å². The Kier molecular flexibility index (Phi) is 2.79. The quantitative estimate of drug-likeness (QED) is 0.668. The lowest BCUT2D eigenvalue weighted by Gasteiger charge is -2.40. The molecule has 0 saturated carbocycles. The number of aliphatic hydroxyl groups is 1. The molecule has 1 aliphatic rings. The summed E-state index contributed by atoms with van der Waals surface area (Å²) >= 11 is 0. The average Bonchev–Trinajstić information content (AvgIpc) is 2.37. The van der Waals surface area contributed by atoms with Crippen LogP contribution in [0.4, 0.5) is 11.4 Å². The standard InChI is InChI=1S/C13H13N3O3/c17-8-9-6-15(7-9)11-3-4-12(16(18)19)13-10(11)2-1-5-14-13/h1-5,9,17H,6-8H2. The summed E-state index contributed by atoms with van der Waals surface area (Å²) in [5.41, 5.74) is 1.38. The number of pyridine rings is 1. The van der Waals surface area contributed by atoms with Crippen LogP contribution in [-0.4, -0.2) is 34.7 Å². The van der Waals surface area contributed by atoms with E-state index >= 15 is 0 Å². The van der Waals surface area contributed by atoms with E-state index in [1.165, 1.54) is 6.07 Å². The minimum Gasteiger partial charge on any atom is -0.396 e. The van der Waals surface area contributed by atoms with Gasteiger partial charge in [0.05, 0.1) is 4.92 Å². The van der Waals surface area contributed by atoms with E-state index in [1.54, 1.807) is 18.3 Å². The zero-order valence-corrected chi connectivity index (χ0v) is 10.2. The number of anilines is 1. The molecule has 98 valence electrons. The summed E-state index contributed by atoms with van der Waals surface area (Å²) in [5.74, 6) is 0.293. The fourth-order valence-electron chi connectivity index (χ4n) is 2.45. The normalized spacial score (nSPS) is 15.5. The van der Waals surface area contributed by atoms with Gasteiger partial charge in [-0.05, 0) is 18.2 Å². The van der Waals surface area contributed by atoms with Gasteiger partial charge in [-0.3, -0.25) is 10.1 Å². The van der Waals surface area contributed by atoms with Crippen molar-refractivity contribution in [3.05, 3.63) is 40.6 Å². The summed E-state index contributed by atoms with van der Waals surface area (Å²) in [6.07, 6.45) is 1.56. The highest BCUT2D eigenvalue weighted by molar-refractivity contribution is 5.97. The Labute approximate surface area is 109 Å². The number of nitro benzene ring substituents is 1. The molecule has 0 aliphatic carbocycles. The number of hydrogen-bond donors (Lipinski definition) is 1. The molecule has 1 aromatic carbocycles. The van der Waals surface area contributed by atoms with Crippen LogP contribution in [0.25, 0.3) is 10.9 Å². The molecule has 1 saturated heterocycles. The maximum absolute atomic E-state index is 11.0. The van der Waals surface area contributed by atoms with Gasteiger partial charge in [0.15, 0.2) is 0 Å². The summed E-state index contributed by atoms with van der Waals surface area (Å²) in [6, 6.07) is 6.88. The van der Waals surface area contributed by atoms with Gasteiger partial charge in [0.1, 0.15) is 5.52 Å². The van der Waals surface area contributed by atoms with E-state index in [1.807, 2.05) is 6.07 Å². The number of aliphatic hydroxyl groups excluding tert-OH is 1. The van der Waals surface area contributed by atoms with Crippen molar-refractivity contribution in [2.24, 2.45) is 5.92 Å². The molecule has 1 aromatic heterocycles. The number of aromatic nitrogens is 1. The van der Waals surface area contributed by atoms with Crippen LogP contribution >= 0.6 is 0 Å². The van der Waals surface area contributed by atoms with Crippen molar-refractivity contribution in [1.82, 2.24) is 4.98 Å². The highest BCUT2D eigenvalue weighted by Crippen LogP contribution is 2.35. The second kappa shape index (κ2) is 4.47. The Morgan fingerprint density at radius 1 is 1.42 bits per heavy atom. The van der Waals surface area contributed by atoms with E-state index in [0.717, 1.165) is 24.2 Å².